The van der Waals surface area contributed by atoms with Gasteiger partial charge in [0.2, 0.25) is 0 Å². The highest BCUT2D eigenvalue weighted by Crippen LogP contribution is 2.20. The van der Waals surface area contributed by atoms with Gasteiger partial charge in [0.05, 0.1) is 5.02 Å². The number of carbonyl (C=O) groups excluding carboxylic acids is 1. The molecule has 0 aliphatic rings. The molecule has 13 heavy (non-hydrogen) atoms. The Morgan fingerprint density at radius 3 is 2.15 bits per heavy atom. The number of halogens is 4. The van der Waals surface area contributed by atoms with Crippen LogP contribution in [0, 0.1) is 0 Å². The van der Waals surface area contributed by atoms with Crippen molar-refractivity contribution < 1.29 is 29.6 Å². The summed E-state index contributed by atoms with van der Waals surface area (Å²) >= 11 is 11.3. The third-order valence-corrected chi connectivity index (χ3v) is 1.86. The molecule has 0 saturated heterocycles. The molecule has 0 aliphatic carbocycles. The lowest BCUT2D eigenvalue weighted by molar-refractivity contribution is -0.00100. The van der Waals surface area contributed by atoms with Crippen LogP contribution in [-0.2, 0) is 0 Å². The Morgan fingerprint density at radius 2 is 1.77 bits per heavy atom. The predicted octanol–water partition coefficient (Wildman–Crippen LogP) is -2.80. The number of carbonyl (C=O) groups is 1. The van der Waals surface area contributed by atoms with Gasteiger partial charge in [-0.05, 0) is 25.1 Å². The summed E-state index contributed by atoms with van der Waals surface area (Å²) in [7, 11) is 0. The standard InChI is InChI=1S/C8H6Cl2O.2ClH/c1-5(11)7-3-2-6(9)4-8(7)10;;/h2-4H,1H3;2*1H/p-2. The minimum Gasteiger partial charge on any atom is -1.00 e. The van der Waals surface area contributed by atoms with Crippen molar-refractivity contribution in [1.82, 2.24) is 0 Å². The normalized spacial score (nSPS) is 8.23. The zero-order valence-electron chi connectivity index (χ0n) is 6.65. The summed E-state index contributed by atoms with van der Waals surface area (Å²) in [4.78, 5) is 10.8. The zero-order valence-corrected chi connectivity index (χ0v) is 9.68. The Hall–Kier alpha value is 0.0500. The average molecular weight is 260 g/mol. The van der Waals surface area contributed by atoms with E-state index >= 15 is 0 Å². The first-order valence-electron chi connectivity index (χ1n) is 3.07. The summed E-state index contributed by atoms with van der Waals surface area (Å²) in [6, 6.07) is 4.82. The van der Waals surface area contributed by atoms with Gasteiger partial charge in [0.15, 0.2) is 5.78 Å². The molecule has 1 nitrogen and oxygen atoms in total. The first kappa shape index (κ1) is 15.5. The van der Waals surface area contributed by atoms with E-state index in [1.54, 1.807) is 18.2 Å². The molecule has 1 aromatic carbocycles. The van der Waals surface area contributed by atoms with Gasteiger partial charge in [-0.3, -0.25) is 4.79 Å². The van der Waals surface area contributed by atoms with Crippen molar-refractivity contribution in [3.63, 3.8) is 0 Å². The Bertz CT molecular complexity index is 298. The van der Waals surface area contributed by atoms with E-state index in [0.717, 1.165) is 0 Å². The molecule has 5 heteroatoms. The molecular formula is C8H6Cl4O-2. The largest absolute Gasteiger partial charge is 1.00 e. The number of ketones is 1. The van der Waals surface area contributed by atoms with Crippen molar-refractivity contribution >= 4 is 29.0 Å². The topological polar surface area (TPSA) is 17.1 Å². The molecule has 1 aromatic rings. The van der Waals surface area contributed by atoms with Gasteiger partial charge >= 0.3 is 0 Å². The summed E-state index contributed by atoms with van der Waals surface area (Å²) in [6.07, 6.45) is 0. The summed E-state index contributed by atoms with van der Waals surface area (Å²) in [5.74, 6) is -0.0494. The van der Waals surface area contributed by atoms with E-state index in [9.17, 15) is 4.79 Å². The molecule has 0 amide bonds. The summed E-state index contributed by atoms with van der Waals surface area (Å²) < 4.78 is 0. The molecule has 0 spiro atoms. The number of benzene rings is 1. The maximum absolute atomic E-state index is 10.8. The fourth-order valence-electron chi connectivity index (χ4n) is 0.775. The molecule has 0 bridgehead atoms. The van der Waals surface area contributed by atoms with Crippen LogP contribution in [0.5, 0.6) is 0 Å². The molecule has 0 fully saturated rings. The Kier molecular flexibility index (Phi) is 7.75. The average Bonchev–Trinajstić information content (AvgIpc) is 1.85. The van der Waals surface area contributed by atoms with Crippen molar-refractivity contribution in [2.45, 2.75) is 6.92 Å². The van der Waals surface area contributed by atoms with Crippen LogP contribution in [0.1, 0.15) is 17.3 Å². The van der Waals surface area contributed by atoms with Crippen LogP contribution in [0.3, 0.4) is 0 Å². The van der Waals surface area contributed by atoms with Crippen LogP contribution >= 0.6 is 23.2 Å². The molecule has 1 rings (SSSR count). The highest BCUT2D eigenvalue weighted by atomic mass is 35.5. The summed E-state index contributed by atoms with van der Waals surface area (Å²) in [5, 5.41) is 0.949. The molecule has 0 radical (unpaired) electrons. The molecule has 0 N–H and O–H groups in total. The molecule has 0 aliphatic heterocycles. The molecular weight excluding hydrogens is 254 g/mol. The summed E-state index contributed by atoms with van der Waals surface area (Å²) in [6.45, 7) is 1.47. The van der Waals surface area contributed by atoms with E-state index in [2.05, 4.69) is 0 Å². The van der Waals surface area contributed by atoms with Crippen LogP contribution < -0.4 is 24.8 Å². The predicted molar refractivity (Wildman–Crippen MR) is 46.5 cm³/mol. The van der Waals surface area contributed by atoms with Gasteiger partial charge in [-0.25, -0.2) is 0 Å². The maximum atomic E-state index is 10.8. The van der Waals surface area contributed by atoms with Crippen molar-refractivity contribution in [2.24, 2.45) is 0 Å². The van der Waals surface area contributed by atoms with Crippen molar-refractivity contribution in [1.29, 1.82) is 0 Å². The van der Waals surface area contributed by atoms with Gasteiger partial charge in [0.25, 0.3) is 0 Å². The van der Waals surface area contributed by atoms with Gasteiger partial charge in [-0.15, -0.1) is 0 Å². The fraction of sp³-hybridized carbons (Fsp3) is 0.125. The highest BCUT2D eigenvalue weighted by Gasteiger charge is 2.04. The lowest BCUT2D eigenvalue weighted by atomic mass is 10.1. The van der Waals surface area contributed by atoms with Crippen molar-refractivity contribution in [3.8, 4) is 0 Å². The third-order valence-electron chi connectivity index (χ3n) is 1.31. The molecule has 0 saturated carbocycles. The molecule has 0 aromatic heterocycles. The number of rotatable bonds is 1. The number of hydrogen-bond acceptors (Lipinski definition) is 1. The lowest BCUT2D eigenvalue weighted by Crippen LogP contribution is -3.00. The van der Waals surface area contributed by atoms with Crippen LogP contribution in [0.2, 0.25) is 10.0 Å². The van der Waals surface area contributed by atoms with E-state index in [1.165, 1.54) is 6.92 Å². The van der Waals surface area contributed by atoms with Gasteiger partial charge < -0.3 is 24.8 Å². The molecule has 74 valence electrons. The first-order valence-corrected chi connectivity index (χ1v) is 3.83. The Labute approximate surface area is 99.2 Å². The van der Waals surface area contributed by atoms with Crippen molar-refractivity contribution in [2.75, 3.05) is 0 Å². The third kappa shape index (κ3) is 4.19. The zero-order chi connectivity index (χ0) is 8.43. The van der Waals surface area contributed by atoms with Gasteiger partial charge in [-0.1, -0.05) is 23.2 Å². The second kappa shape index (κ2) is 6.50. The van der Waals surface area contributed by atoms with E-state index in [-0.39, 0.29) is 30.6 Å². The van der Waals surface area contributed by atoms with E-state index in [4.69, 9.17) is 23.2 Å². The molecule has 0 heterocycles. The SMILES string of the molecule is CC(=O)c1ccc(Cl)cc1Cl.[Cl-].[Cl-]. The maximum Gasteiger partial charge on any atom is 0.161 e. The lowest BCUT2D eigenvalue weighted by Gasteiger charge is -1.98. The van der Waals surface area contributed by atoms with E-state index in [1.807, 2.05) is 0 Å². The second-order valence-electron chi connectivity index (χ2n) is 2.18. The Morgan fingerprint density at radius 1 is 1.23 bits per heavy atom. The number of Topliss-reactive ketones (excluding diaryl/α,β-unsaturated/α-hetero) is 1. The van der Waals surface area contributed by atoms with E-state index < -0.39 is 0 Å². The fourth-order valence-corrected chi connectivity index (χ4v) is 1.32. The van der Waals surface area contributed by atoms with Crippen molar-refractivity contribution in [3.05, 3.63) is 33.8 Å². The second-order valence-corrected chi connectivity index (χ2v) is 3.02. The van der Waals surface area contributed by atoms with Gasteiger partial charge in [0, 0.05) is 10.6 Å². The van der Waals surface area contributed by atoms with E-state index in [0.29, 0.717) is 15.6 Å². The number of hydrogen-bond donors (Lipinski definition) is 0. The molecule has 0 unspecified atom stereocenters. The Balaban J connectivity index is 0. The monoisotopic (exact) mass is 258 g/mol. The highest BCUT2D eigenvalue weighted by molar-refractivity contribution is 6.36. The van der Waals surface area contributed by atoms with Crippen LogP contribution in [0.25, 0.3) is 0 Å². The summed E-state index contributed by atoms with van der Waals surface area (Å²) in [5.41, 5.74) is 0.510. The minimum absolute atomic E-state index is 0. The molecule has 0 atom stereocenters. The van der Waals surface area contributed by atoms with Crippen LogP contribution in [-0.4, -0.2) is 5.78 Å². The minimum atomic E-state index is -0.0494. The van der Waals surface area contributed by atoms with Crippen LogP contribution in [0.15, 0.2) is 18.2 Å². The van der Waals surface area contributed by atoms with Crippen LogP contribution in [0.4, 0.5) is 0 Å². The van der Waals surface area contributed by atoms with Gasteiger partial charge in [0.1, 0.15) is 0 Å². The first-order chi connectivity index (χ1) is 5.11. The smallest absolute Gasteiger partial charge is 0.161 e. The quantitative estimate of drug-likeness (QED) is 0.499. The van der Waals surface area contributed by atoms with Gasteiger partial charge in [-0.2, -0.15) is 0 Å².